The topological polar surface area (TPSA) is 74.4 Å². The predicted octanol–water partition coefficient (Wildman–Crippen LogP) is 1.76. The molecule has 8 heteroatoms. The molecule has 0 aromatic heterocycles. The lowest BCUT2D eigenvalue weighted by atomic mass is 10.1. The summed E-state index contributed by atoms with van der Waals surface area (Å²) in [4.78, 5) is 30.8. The van der Waals surface area contributed by atoms with Crippen LogP contribution in [0, 0.1) is 0 Å². The van der Waals surface area contributed by atoms with Gasteiger partial charge in [-0.1, -0.05) is 12.1 Å². The van der Waals surface area contributed by atoms with E-state index in [1.54, 1.807) is 11.0 Å². The molecule has 2 aromatic carbocycles. The minimum Gasteiger partial charge on any atom is -0.454 e. The van der Waals surface area contributed by atoms with Crippen molar-refractivity contribution < 1.29 is 19.1 Å². The van der Waals surface area contributed by atoms with Gasteiger partial charge >= 0.3 is 11.8 Å². The Kier molecular flexibility index (Phi) is 5.76. The number of ether oxygens (including phenoxy) is 2. The Labute approximate surface area is 176 Å². The van der Waals surface area contributed by atoms with Gasteiger partial charge in [0.2, 0.25) is 6.79 Å². The second kappa shape index (κ2) is 8.62. The van der Waals surface area contributed by atoms with Crippen LogP contribution in [0.5, 0.6) is 11.5 Å². The van der Waals surface area contributed by atoms with Crippen LogP contribution in [0.2, 0.25) is 0 Å². The Morgan fingerprint density at radius 2 is 1.77 bits per heavy atom. The molecule has 2 aliphatic rings. The molecule has 1 saturated heterocycles. The van der Waals surface area contributed by atoms with Gasteiger partial charge in [0.05, 0.1) is 0 Å². The molecule has 2 aromatic rings. The number of nitrogens with one attached hydrogen (secondary N) is 1. The highest BCUT2D eigenvalue weighted by atomic mass is 16.7. The first kappa shape index (κ1) is 20.0. The van der Waals surface area contributed by atoms with Gasteiger partial charge in [0, 0.05) is 58.2 Å². The molecule has 30 heavy (non-hydrogen) atoms. The highest BCUT2D eigenvalue weighted by Crippen LogP contribution is 2.32. The Bertz CT molecular complexity index is 938. The number of amides is 2. The molecule has 8 nitrogen and oxygen atoms in total. The zero-order valence-electron chi connectivity index (χ0n) is 17.3. The molecule has 2 aliphatic heterocycles. The molecule has 0 unspecified atom stereocenters. The van der Waals surface area contributed by atoms with Gasteiger partial charge in [-0.15, -0.1) is 0 Å². The van der Waals surface area contributed by atoms with Gasteiger partial charge < -0.3 is 24.6 Å². The van der Waals surface area contributed by atoms with Crippen LogP contribution in [0.15, 0.2) is 42.5 Å². The second-order valence-electron chi connectivity index (χ2n) is 7.65. The third kappa shape index (κ3) is 4.49. The summed E-state index contributed by atoms with van der Waals surface area (Å²) in [6.07, 6.45) is 0. The van der Waals surface area contributed by atoms with Crippen LogP contribution in [0.25, 0.3) is 0 Å². The standard InChI is InChI=1S/C22H26N4O4/c1-24(2)18-5-3-4-17(13-18)23-21(27)22(28)26-10-8-25(9-11-26)14-16-6-7-19-20(12-16)30-15-29-19/h3-7,12-13H,8-11,14-15H2,1-2H3,(H,23,27). The first-order valence-corrected chi connectivity index (χ1v) is 9.98. The van der Waals surface area contributed by atoms with Crippen LogP contribution in [0.3, 0.4) is 0 Å². The first-order chi connectivity index (χ1) is 14.5. The van der Waals surface area contributed by atoms with E-state index in [0.717, 1.165) is 29.3 Å². The average Bonchev–Trinajstić information content (AvgIpc) is 3.22. The van der Waals surface area contributed by atoms with Crippen molar-refractivity contribution in [3.63, 3.8) is 0 Å². The molecule has 2 amide bonds. The van der Waals surface area contributed by atoms with E-state index in [9.17, 15) is 9.59 Å². The van der Waals surface area contributed by atoms with Gasteiger partial charge in [0.15, 0.2) is 11.5 Å². The number of benzene rings is 2. The number of anilines is 2. The Morgan fingerprint density at radius 1 is 1.00 bits per heavy atom. The van der Waals surface area contributed by atoms with Crippen LogP contribution in [0.1, 0.15) is 5.56 Å². The quantitative estimate of drug-likeness (QED) is 0.775. The lowest BCUT2D eigenvalue weighted by Crippen LogP contribution is -2.51. The molecule has 0 radical (unpaired) electrons. The molecule has 0 aliphatic carbocycles. The smallest absolute Gasteiger partial charge is 0.313 e. The summed E-state index contributed by atoms with van der Waals surface area (Å²) < 4.78 is 10.8. The molecular formula is C22H26N4O4. The zero-order valence-corrected chi connectivity index (χ0v) is 17.3. The minimum absolute atomic E-state index is 0.265. The highest BCUT2D eigenvalue weighted by molar-refractivity contribution is 6.39. The lowest BCUT2D eigenvalue weighted by molar-refractivity contribution is -0.144. The number of hydrogen-bond acceptors (Lipinski definition) is 6. The number of fused-ring (bicyclic) bond motifs is 1. The number of nitrogens with zero attached hydrogens (tertiary/aromatic N) is 3. The SMILES string of the molecule is CN(C)c1cccc(NC(=O)C(=O)N2CCN(Cc3ccc4c(c3)OCO4)CC2)c1. The van der Waals surface area contributed by atoms with Gasteiger partial charge in [0.25, 0.3) is 0 Å². The average molecular weight is 410 g/mol. The third-order valence-corrected chi connectivity index (χ3v) is 5.32. The van der Waals surface area contributed by atoms with Crippen molar-refractivity contribution in [2.75, 3.05) is 57.3 Å². The van der Waals surface area contributed by atoms with Crippen LogP contribution >= 0.6 is 0 Å². The number of hydrogen-bond donors (Lipinski definition) is 1. The number of rotatable bonds is 4. The van der Waals surface area contributed by atoms with E-state index in [-0.39, 0.29) is 6.79 Å². The molecule has 4 rings (SSSR count). The van der Waals surface area contributed by atoms with Crippen molar-refractivity contribution in [2.45, 2.75) is 6.54 Å². The third-order valence-electron chi connectivity index (χ3n) is 5.32. The molecule has 0 saturated carbocycles. The monoisotopic (exact) mass is 410 g/mol. The van der Waals surface area contributed by atoms with E-state index in [4.69, 9.17) is 9.47 Å². The van der Waals surface area contributed by atoms with E-state index >= 15 is 0 Å². The summed E-state index contributed by atoms with van der Waals surface area (Å²) in [5, 5.41) is 2.71. The maximum absolute atomic E-state index is 12.6. The summed E-state index contributed by atoms with van der Waals surface area (Å²) in [6, 6.07) is 13.4. The molecule has 1 fully saturated rings. The fourth-order valence-corrected chi connectivity index (χ4v) is 3.60. The predicted molar refractivity (Wildman–Crippen MR) is 114 cm³/mol. The van der Waals surface area contributed by atoms with Crippen molar-refractivity contribution in [1.82, 2.24) is 9.80 Å². The number of piperazine rings is 1. The van der Waals surface area contributed by atoms with Crippen LogP contribution < -0.4 is 19.7 Å². The Hall–Kier alpha value is -3.26. The van der Waals surface area contributed by atoms with Crippen molar-refractivity contribution >= 4 is 23.2 Å². The van der Waals surface area contributed by atoms with E-state index in [1.165, 1.54) is 0 Å². The highest BCUT2D eigenvalue weighted by Gasteiger charge is 2.26. The summed E-state index contributed by atoms with van der Waals surface area (Å²) in [7, 11) is 3.85. The molecule has 2 heterocycles. The molecule has 0 bridgehead atoms. The maximum atomic E-state index is 12.6. The second-order valence-corrected chi connectivity index (χ2v) is 7.65. The van der Waals surface area contributed by atoms with Gasteiger partial charge in [-0.25, -0.2) is 0 Å². The maximum Gasteiger partial charge on any atom is 0.313 e. The van der Waals surface area contributed by atoms with Crippen LogP contribution in [-0.2, 0) is 16.1 Å². The number of carbonyl (C=O) groups excluding carboxylic acids is 2. The molecule has 0 spiro atoms. The summed E-state index contributed by atoms with van der Waals surface area (Å²) in [6.45, 7) is 3.50. The van der Waals surface area contributed by atoms with E-state index in [1.807, 2.05) is 55.4 Å². The minimum atomic E-state index is -0.602. The van der Waals surface area contributed by atoms with Gasteiger partial charge in [0.1, 0.15) is 0 Å². The largest absolute Gasteiger partial charge is 0.454 e. The fraction of sp³-hybridized carbons (Fsp3) is 0.364. The van der Waals surface area contributed by atoms with Crippen molar-refractivity contribution in [2.24, 2.45) is 0 Å². The first-order valence-electron chi connectivity index (χ1n) is 9.98. The van der Waals surface area contributed by atoms with Crippen LogP contribution in [-0.4, -0.2) is 68.7 Å². The van der Waals surface area contributed by atoms with Gasteiger partial charge in [-0.2, -0.15) is 0 Å². The van der Waals surface area contributed by atoms with Crippen molar-refractivity contribution in [3.8, 4) is 11.5 Å². The zero-order chi connectivity index (χ0) is 21.1. The summed E-state index contributed by atoms with van der Waals surface area (Å²) >= 11 is 0. The Morgan fingerprint density at radius 3 is 2.53 bits per heavy atom. The van der Waals surface area contributed by atoms with E-state index in [2.05, 4.69) is 10.2 Å². The van der Waals surface area contributed by atoms with E-state index in [0.29, 0.717) is 31.9 Å². The normalized spacial score (nSPS) is 15.7. The van der Waals surface area contributed by atoms with Crippen molar-refractivity contribution in [3.05, 3.63) is 48.0 Å². The van der Waals surface area contributed by atoms with E-state index < -0.39 is 11.8 Å². The molecule has 1 N–H and O–H groups in total. The molecule has 158 valence electrons. The van der Waals surface area contributed by atoms with Crippen molar-refractivity contribution in [1.29, 1.82) is 0 Å². The molecule has 0 atom stereocenters. The summed E-state index contributed by atoms with van der Waals surface area (Å²) in [5.74, 6) is 0.454. The van der Waals surface area contributed by atoms with Gasteiger partial charge in [-0.05, 0) is 35.9 Å². The summed E-state index contributed by atoms with van der Waals surface area (Å²) in [5.41, 5.74) is 2.70. The lowest BCUT2D eigenvalue weighted by Gasteiger charge is -2.34. The molecular weight excluding hydrogens is 384 g/mol. The van der Waals surface area contributed by atoms with Gasteiger partial charge in [-0.3, -0.25) is 14.5 Å². The Balaban J connectivity index is 1.28. The number of carbonyl (C=O) groups is 2. The fourth-order valence-electron chi connectivity index (χ4n) is 3.60. The van der Waals surface area contributed by atoms with Crippen LogP contribution in [0.4, 0.5) is 11.4 Å².